The van der Waals surface area contributed by atoms with Crippen molar-refractivity contribution in [3.8, 4) is 17.2 Å². The van der Waals surface area contributed by atoms with Crippen LogP contribution in [0.4, 0.5) is 5.69 Å². The molecule has 172 valence electrons. The highest BCUT2D eigenvalue weighted by atomic mass is 16.7. The first kappa shape index (κ1) is 21.6. The van der Waals surface area contributed by atoms with Crippen molar-refractivity contribution in [2.24, 2.45) is 7.05 Å². The number of ketones is 1. The van der Waals surface area contributed by atoms with Crippen molar-refractivity contribution in [3.05, 3.63) is 93.8 Å². The average Bonchev–Trinajstić information content (AvgIpc) is 3.32. The second-order valence-electron chi connectivity index (χ2n) is 8.41. The molecule has 0 saturated heterocycles. The summed E-state index contributed by atoms with van der Waals surface area (Å²) < 4.78 is 12.3. The Balaban J connectivity index is 1.54. The van der Waals surface area contributed by atoms with Crippen LogP contribution >= 0.6 is 0 Å². The Labute approximate surface area is 196 Å². The van der Waals surface area contributed by atoms with Crippen molar-refractivity contribution in [2.45, 2.75) is 19.4 Å². The lowest BCUT2D eigenvalue weighted by Gasteiger charge is -2.21. The molecule has 0 amide bonds. The van der Waals surface area contributed by atoms with Gasteiger partial charge in [0.1, 0.15) is 11.3 Å². The number of Topliss-reactive ketones (excluding diaryl/α,β-unsaturated/α-hetero) is 1. The van der Waals surface area contributed by atoms with Gasteiger partial charge in [0.2, 0.25) is 6.79 Å². The molecule has 7 heteroatoms. The van der Waals surface area contributed by atoms with Crippen LogP contribution in [-0.4, -0.2) is 22.2 Å². The topological polar surface area (TPSA) is 89.8 Å². The summed E-state index contributed by atoms with van der Waals surface area (Å²) in [4.78, 5) is 26.5. The van der Waals surface area contributed by atoms with Crippen molar-refractivity contribution in [1.82, 2.24) is 4.57 Å². The molecule has 0 spiro atoms. The van der Waals surface area contributed by atoms with Gasteiger partial charge in [-0.1, -0.05) is 35.9 Å². The minimum Gasteiger partial charge on any atom is -0.506 e. The van der Waals surface area contributed by atoms with Crippen LogP contribution < -0.4 is 20.3 Å². The van der Waals surface area contributed by atoms with Gasteiger partial charge in [0.25, 0.3) is 5.56 Å². The smallest absolute Gasteiger partial charge is 0.265 e. The van der Waals surface area contributed by atoms with Crippen LogP contribution in [0.2, 0.25) is 0 Å². The van der Waals surface area contributed by atoms with Crippen LogP contribution in [0.15, 0.2) is 71.5 Å². The van der Waals surface area contributed by atoms with Gasteiger partial charge in [-0.15, -0.1) is 0 Å². The molecule has 1 aliphatic heterocycles. The van der Waals surface area contributed by atoms with Gasteiger partial charge in [0, 0.05) is 24.5 Å². The fourth-order valence-electron chi connectivity index (χ4n) is 4.25. The van der Waals surface area contributed by atoms with Gasteiger partial charge in [0.05, 0.1) is 11.6 Å². The van der Waals surface area contributed by atoms with Crippen LogP contribution in [0.25, 0.3) is 10.9 Å². The van der Waals surface area contributed by atoms with E-state index >= 15 is 0 Å². The van der Waals surface area contributed by atoms with E-state index in [1.807, 2.05) is 43.3 Å². The molecule has 1 atom stereocenters. The van der Waals surface area contributed by atoms with Gasteiger partial charge in [-0.05, 0) is 48.9 Å². The first-order valence-corrected chi connectivity index (χ1v) is 11.0. The number of pyridine rings is 1. The first-order valence-electron chi connectivity index (χ1n) is 11.0. The maximum absolute atomic E-state index is 13.5. The fourth-order valence-corrected chi connectivity index (χ4v) is 4.25. The first-order chi connectivity index (χ1) is 16.4. The van der Waals surface area contributed by atoms with Gasteiger partial charge >= 0.3 is 0 Å². The maximum atomic E-state index is 13.5. The molecule has 2 N–H and O–H groups in total. The lowest BCUT2D eigenvalue weighted by molar-refractivity contribution is 0.0972. The summed E-state index contributed by atoms with van der Waals surface area (Å²) in [7, 11) is 1.60. The van der Waals surface area contributed by atoms with Crippen molar-refractivity contribution in [3.63, 3.8) is 0 Å². The number of fused-ring (bicyclic) bond motifs is 2. The molecule has 7 nitrogen and oxygen atoms in total. The summed E-state index contributed by atoms with van der Waals surface area (Å²) in [6, 6.07) is 19.8. The van der Waals surface area contributed by atoms with Gasteiger partial charge in [0.15, 0.2) is 17.3 Å². The summed E-state index contributed by atoms with van der Waals surface area (Å²) in [6.07, 6.45) is -0.0470. The molecule has 5 rings (SSSR count). The third-order valence-corrected chi connectivity index (χ3v) is 6.14. The average molecular weight is 456 g/mol. The van der Waals surface area contributed by atoms with Crippen LogP contribution in [-0.2, 0) is 7.05 Å². The third-order valence-electron chi connectivity index (χ3n) is 6.14. The third kappa shape index (κ3) is 3.85. The molecule has 0 aliphatic carbocycles. The Hall–Kier alpha value is -4.26. The van der Waals surface area contributed by atoms with E-state index in [1.54, 1.807) is 37.4 Å². The summed E-state index contributed by atoms with van der Waals surface area (Å²) in [6.45, 7) is 2.15. The molecule has 4 aromatic rings. The van der Waals surface area contributed by atoms with Crippen molar-refractivity contribution in [2.75, 3.05) is 12.1 Å². The van der Waals surface area contributed by atoms with E-state index in [2.05, 4.69) is 5.32 Å². The number of nitrogens with one attached hydrogen (secondary N) is 1. The van der Waals surface area contributed by atoms with E-state index in [0.717, 1.165) is 16.8 Å². The predicted molar refractivity (Wildman–Crippen MR) is 130 cm³/mol. The number of hydrogen-bond acceptors (Lipinski definition) is 6. The van der Waals surface area contributed by atoms with E-state index in [1.165, 1.54) is 4.57 Å². The second-order valence-corrected chi connectivity index (χ2v) is 8.41. The lowest BCUT2D eigenvalue weighted by Crippen LogP contribution is -2.26. The summed E-state index contributed by atoms with van der Waals surface area (Å²) in [5, 5.41) is 14.7. The number of rotatable bonds is 6. The largest absolute Gasteiger partial charge is 0.506 e. The zero-order valence-electron chi connectivity index (χ0n) is 18.9. The van der Waals surface area contributed by atoms with Crippen molar-refractivity contribution in [1.29, 1.82) is 0 Å². The Morgan fingerprint density at radius 1 is 1.06 bits per heavy atom. The molecule has 2 heterocycles. The van der Waals surface area contributed by atoms with E-state index in [-0.39, 0.29) is 24.5 Å². The minimum absolute atomic E-state index is 0.0470. The normalized spacial score (nSPS) is 13.1. The number of anilines is 1. The number of carbonyl (C=O) groups is 1. The number of ether oxygens (including phenoxy) is 2. The Morgan fingerprint density at radius 2 is 1.79 bits per heavy atom. The number of para-hydroxylation sites is 1. The summed E-state index contributed by atoms with van der Waals surface area (Å²) in [5.41, 5.74) is 2.57. The molecule has 0 unspecified atom stereocenters. The minimum atomic E-state index is -0.527. The standard InChI is InChI=1S/C27H24N2O5/c1-16-7-10-18(11-8-16)28-20(17-9-12-23-24(13-17)34-15-33-23)14-22(30)25-26(31)19-5-3-4-6-21(19)29(2)27(25)32/h3-13,20,28,31H,14-15H2,1-2H3/t20-/m0/s1. The Morgan fingerprint density at radius 3 is 2.59 bits per heavy atom. The van der Waals surface area contributed by atoms with Crippen LogP contribution in [0.1, 0.15) is 33.9 Å². The predicted octanol–water partition coefficient (Wildman–Crippen LogP) is 4.71. The second kappa shape index (κ2) is 8.59. The highest BCUT2D eigenvalue weighted by Gasteiger charge is 2.26. The van der Waals surface area contributed by atoms with Crippen molar-refractivity contribution < 1.29 is 19.4 Å². The number of benzene rings is 3. The number of hydrogen-bond donors (Lipinski definition) is 2. The highest BCUT2D eigenvalue weighted by molar-refractivity contribution is 6.03. The molecule has 0 saturated carbocycles. The molecular formula is C27H24N2O5. The monoisotopic (exact) mass is 456 g/mol. The molecule has 0 fully saturated rings. The lowest BCUT2D eigenvalue weighted by atomic mass is 9.96. The number of carbonyl (C=O) groups excluding carboxylic acids is 1. The quantitative estimate of drug-likeness (QED) is 0.409. The van der Waals surface area contributed by atoms with E-state index in [4.69, 9.17) is 9.47 Å². The zero-order valence-corrected chi connectivity index (χ0v) is 18.9. The van der Waals surface area contributed by atoms with Crippen LogP contribution in [0.5, 0.6) is 17.2 Å². The molecule has 0 radical (unpaired) electrons. The summed E-state index contributed by atoms with van der Waals surface area (Å²) >= 11 is 0. The SMILES string of the molecule is Cc1ccc(N[C@@H](CC(=O)c2c(O)c3ccccc3n(C)c2=O)c2ccc3c(c2)OCO3)cc1. The molecule has 0 bridgehead atoms. The van der Waals surface area contributed by atoms with Crippen LogP contribution in [0.3, 0.4) is 0 Å². The molecular weight excluding hydrogens is 432 g/mol. The zero-order chi connectivity index (χ0) is 23.8. The number of aryl methyl sites for hydroxylation is 2. The molecule has 34 heavy (non-hydrogen) atoms. The van der Waals surface area contributed by atoms with E-state index in [0.29, 0.717) is 22.4 Å². The van der Waals surface area contributed by atoms with E-state index in [9.17, 15) is 14.7 Å². The van der Waals surface area contributed by atoms with Crippen molar-refractivity contribution >= 4 is 22.4 Å². The highest BCUT2D eigenvalue weighted by Crippen LogP contribution is 2.36. The number of aromatic nitrogens is 1. The fraction of sp³-hybridized carbons (Fsp3) is 0.185. The maximum Gasteiger partial charge on any atom is 0.265 e. The molecule has 1 aliphatic rings. The van der Waals surface area contributed by atoms with Gasteiger partial charge < -0.3 is 24.5 Å². The summed E-state index contributed by atoms with van der Waals surface area (Å²) in [5.74, 6) is 0.505. The number of nitrogens with zero attached hydrogens (tertiary/aromatic N) is 1. The Bertz CT molecular complexity index is 1460. The molecule has 1 aromatic heterocycles. The van der Waals surface area contributed by atoms with Gasteiger partial charge in [-0.25, -0.2) is 0 Å². The Kier molecular flexibility index (Phi) is 5.45. The number of aromatic hydroxyl groups is 1. The van der Waals surface area contributed by atoms with Gasteiger partial charge in [-0.3, -0.25) is 9.59 Å². The van der Waals surface area contributed by atoms with E-state index < -0.39 is 17.4 Å². The van der Waals surface area contributed by atoms with Gasteiger partial charge in [-0.2, -0.15) is 0 Å². The van der Waals surface area contributed by atoms with Crippen LogP contribution in [0, 0.1) is 6.92 Å². The molecule has 3 aromatic carbocycles.